The van der Waals surface area contributed by atoms with E-state index in [0.717, 1.165) is 11.3 Å². The molecule has 0 unspecified atom stereocenters. The van der Waals surface area contributed by atoms with Crippen molar-refractivity contribution < 1.29 is 14.6 Å². The second-order valence-electron chi connectivity index (χ2n) is 7.70. The van der Waals surface area contributed by atoms with E-state index in [1.165, 1.54) is 16.7 Å². The molecule has 1 aliphatic heterocycles. The lowest BCUT2D eigenvalue weighted by Crippen LogP contribution is -2.54. The molecule has 0 saturated carbocycles. The molecular weight excluding hydrogens is 440 g/mol. The van der Waals surface area contributed by atoms with Crippen LogP contribution in [0.1, 0.15) is 18.2 Å². The number of amidine groups is 1. The van der Waals surface area contributed by atoms with E-state index < -0.39 is 11.7 Å². The average Bonchev–Trinajstić information content (AvgIpc) is 3.25. The van der Waals surface area contributed by atoms with Gasteiger partial charge in [-0.25, -0.2) is 14.5 Å². The normalized spacial score (nSPS) is 19.3. The lowest BCUT2D eigenvalue weighted by atomic mass is 10.1. The Kier molecular flexibility index (Phi) is 6.44. The number of para-hydroxylation sites is 1. The molecule has 172 valence electrons. The Labute approximate surface area is 196 Å². The maximum Gasteiger partial charge on any atom is 0.360 e. The second-order valence-corrected chi connectivity index (χ2v) is 8.64. The Morgan fingerprint density at radius 2 is 1.79 bits per heavy atom. The standard InChI is InChI=1S/C24H26N4O4S/c1-4-32-22(30)24(31)16-33-23(27(24)15-18-11-7-5-8-12-18)25-20-17(2)26(3)28(21(20)29)19-13-9-6-10-14-19/h5-14,31H,4,15-16H2,1-3H3/t24-/m1/s1. The predicted octanol–water partition coefficient (Wildman–Crippen LogP) is 2.97. The minimum Gasteiger partial charge on any atom is -0.462 e. The number of carbonyl (C=O) groups is 1. The van der Waals surface area contributed by atoms with E-state index in [4.69, 9.17) is 4.74 Å². The number of benzene rings is 2. The van der Waals surface area contributed by atoms with Crippen LogP contribution in [0.2, 0.25) is 0 Å². The first-order valence-corrected chi connectivity index (χ1v) is 11.6. The van der Waals surface area contributed by atoms with E-state index in [0.29, 0.717) is 10.9 Å². The molecule has 1 aliphatic rings. The number of carbonyl (C=O) groups excluding carboxylic acids is 1. The first-order valence-electron chi connectivity index (χ1n) is 10.6. The first-order chi connectivity index (χ1) is 15.9. The lowest BCUT2D eigenvalue weighted by Gasteiger charge is -2.31. The van der Waals surface area contributed by atoms with E-state index in [9.17, 15) is 14.7 Å². The van der Waals surface area contributed by atoms with Gasteiger partial charge in [0.25, 0.3) is 5.56 Å². The summed E-state index contributed by atoms with van der Waals surface area (Å²) in [7, 11) is 1.80. The second kappa shape index (κ2) is 9.29. The number of thioether (sulfide) groups is 1. The summed E-state index contributed by atoms with van der Waals surface area (Å²) in [6.07, 6.45) is 0. The highest BCUT2D eigenvalue weighted by Gasteiger charge is 2.51. The Bertz CT molecular complexity index is 1240. The number of hydrogen-bond donors (Lipinski definition) is 1. The molecule has 0 radical (unpaired) electrons. The highest BCUT2D eigenvalue weighted by atomic mass is 32.2. The third kappa shape index (κ3) is 4.21. The fraction of sp³-hybridized carbons (Fsp3) is 0.292. The largest absolute Gasteiger partial charge is 0.462 e. The monoisotopic (exact) mass is 466 g/mol. The molecule has 1 aromatic heterocycles. The average molecular weight is 467 g/mol. The number of hydrogen-bond acceptors (Lipinski definition) is 6. The molecule has 0 amide bonds. The van der Waals surface area contributed by atoms with Crippen LogP contribution >= 0.6 is 11.8 Å². The fourth-order valence-electron chi connectivity index (χ4n) is 3.73. The Balaban J connectivity index is 1.79. The van der Waals surface area contributed by atoms with Crippen molar-refractivity contribution >= 4 is 28.6 Å². The number of aliphatic hydroxyl groups is 1. The van der Waals surface area contributed by atoms with Crippen LogP contribution in [0.4, 0.5) is 5.69 Å². The summed E-state index contributed by atoms with van der Waals surface area (Å²) < 4.78 is 8.45. The van der Waals surface area contributed by atoms with Crippen molar-refractivity contribution in [1.29, 1.82) is 0 Å². The molecule has 33 heavy (non-hydrogen) atoms. The molecule has 9 heteroatoms. The zero-order valence-corrected chi connectivity index (χ0v) is 19.6. The summed E-state index contributed by atoms with van der Waals surface area (Å²) >= 11 is 1.22. The molecule has 0 bridgehead atoms. The van der Waals surface area contributed by atoms with Gasteiger partial charge < -0.3 is 14.7 Å². The minimum absolute atomic E-state index is 0.0518. The summed E-state index contributed by atoms with van der Waals surface area (Å²) in [5, 5.41) is 11.7. The van der Waals surface area contributed by atoms with E-state index >= 15 is 0 Å². The molecule has 2 aromatic carbocycles. The van der Waals surface area contributed by atoms with E-state index in [2.05, 4.69) is 4.99 Å². The number of aliphatic imine (C=N–C) groups is 1. The maximum atomic E-state index is 13.3. The Hall–Kier alpha value is -3.30. The van der Waals surface area contributed by atoms with Crippen LogP contribution in [-0.4, -0.2) is 48.6 Å². The van der Waals surface area contributed by atoms with Crippen molar-refractivity contribution in [1.82, 2.24) is 14.3 Å². The first kappa shape index (κ1) is 22.9. The van der Waals surface area contributed by atoms with Crippen LogP contribution in [0.5, 0.6) is 0 Å². The van der Waals surface area contributed by atoms with Gasteiger partial charge in [-0.05, 0) is 31.5 Å². The van der Waals surface area contributed by atoms with Gasteiger partial charge in [0.15, 0.2) is 10.9 Å². The van der Waals surface area contributed by atoms with Crippen molar-refractivity contribution in [2.75, 3.05) is 12.4 Å². The van der Waals surface area contributed by atoms with Crippen LogP contribution < -0.4 is 5.56 Å². The summed E-state index contributed by atoms with van der Waals surface area (Å²) in [4.78, 5) is 32.2. The molecule has 2 heterocycles. The molecule has 3 aromatic rings. The molecule has 1 fully saturated rings. The Morgan fingerprint density at radius 3 is 2.42 bits per heavy atom. The van der Waals surface area contributed by atoms with Gasteiger partial charge in [-0.2, -0.15) is 0 Å². The number of esters is 1. The fourth-order valence-corrected chi connectivity index (χ4v) is 4.86. The van der Waals surface area contributed by atoms with Crippen molar-refractivity contribution in [3.8, 4) is 5.69 Å². The zero-order chi connectivity index (χ0) is 23.6. The van der Waals surface area contributed by atoms with E-state index in [-0.39, 0.29) is 30.2 Å². The number of aromatic nitrogens is 2. The van der Waals surface area contributed by atoms with Crippen LogP contribution in [0.25, 0.3) is 5.69 Å². The van der Waals surface area contributed by atoms with Crippen molar-refractivity contribution in [2.45, 2.75) is 26.1 Å². The SMILES string of the molecule is CCOC(=O)[C@]1(O)CSC(=Nc2c(C)n(C)n(-c3ccccc3)c2=O)N1Cc1ccccc1. The molecule has 1 atom stereocenters. The zero-order valence-electron chi connectivity index (χ0n) is 18.8. The topological polar surface area (TPSA) is 89.1 Å². The predicted molar refractivity (Wildman–Crippen MR) is 129 cm³/mol. The smallest absolute Gasteiger partial charge is 0.360 e. The van der Waals surface area contributed by atoms with Gasteiger partial charge in [-0.1, -0.05) is 60.3 Å². The summed E-state index contributed by atoms with van der Waals surface area (Å²) in [6, 6.07) is 18.8. The quantitative estimate of drug-likeness (QED) is 0.562. The molecule has 8 nitrogen and oxygen atoms in total. The van der Waals surface area contributed by atoms with Crippen LogP contribution in [0, 0.1) is 6.92 Å². The molecule has 4 rings (SSSR count). The van der Waals surface area contributed by atoms with Gasteiger partial charge >= 0.3 is 5.97 Å². The number of rotatable bonds is 6. The number of nitrogens with zero attached hydrogens (tertiary/aromatic N) is 4. The van der Waals surface area contributed by atoms with Crippen molar-refractivity contribution in [2.24, 2.45) is 12.0 Å². The molecular formula is C24H26N4O4S. The van der Waals surface area contributed by atoms with Crippen LogP contribution in [-0.2, 0) is 23.1 Å². The summed E-state index contributed by atoms with van der Waals surface area (Å²) in [5.74, 6) is -0.680. The molecule has 1 saturated heterocycles. The van der Waals surface area contributed by atoms with Gasteiger partial charge in [-0.3, -0.25) is 9.48 Å². The van der Waals surface area contributed by atoms with Gasteiger partial charge in [-0.15, -0.1) is 0 Å². The molecule has 0 aliphatic carbocycles. The minimum atomic E-state index is -1.88. The third-order valence-electron chi connectivity index (χ3n) is 5.60. The van der Waals surface area contributed by atoms with Crippen molar-refractivity contribution in [3.05, 3.63) is 82.3 Å². The highest BCUT2D eigenvalue weighted by Crippen LogP contribution is 2.35. The summed E-state index contributed by atoms with van der Waals surface area (Å²) in [6.45, 7) is 3.90. The van der Waals surface area contributed by atoms with Gasteiger partial charge in [0.1, 0.15) is 0 Å². The van der Waals surface area contributed by atoms with Crippen molar-refractivity contribution in [3.63, 3.8) is 0 Å². The Morgan fingerprint density at radius 1 is 1.15 bits per heavy atom. The molecule has 0 spiro atoms. The van der Waals surface area contributed by atoms with Gasteiger partial charge in [0.2, 0.25) is 5.72 Å². The van der Waals surface area contributed by atoms with Gasteiger partial charge in [0, 0.05) is 13.6 Å². The van der Waals surface area contributed by atoms with Gasteiger partial charge in [0.05, 0.1) is 23.7 Å². The lowest BCUT2D eigenvalue weighted by molar-refractivity contribution is -0.176. The molecule has 1 N–H and O–H groups in total. The summed E-state index contributed by atoms with van der Waals surface area (Å²) in [5.41, 5.74) is 0.389. The maximum absolute atomic E-state index is 13.3. The van der Waals surface area contributed by atoms with Crippen LogP contribution in [0.3, 0.4) is 0 Å². The third-order valence-corrected chi connectivity index (χ3v) is 6.71. The van der Waals surface area contributed by atoms with E-state index in [1.54, 1.807) is 23.3 Å². The highest BCUT2D eigenvalue weighted by molar-refractivity contribution is 8.14. The van der Waals surface area contributed by atoms with E-state index in [1.807, 2.05) is 67.6 Å². The van der Waals surface area contributed by atoms with Crippen LogP contribution in [0.15, 0.2) is 70.5 Å². The number of ether oxygens (including phenoxy) is 1.